The van der Waals surface area contributed by atoms with Crippen LogP contribution in [0.5, 0.6) is 11.5 Å². The van der Waals surface area contributed by atoms with Crippen molar-refractivity contribution in [2.45, 2.75) is 31.7 Å². The molecule has 2 aliphatic carbocycles. The van der Waals surface area contributed by atoms with Gasteiger partial charge in [0, 0.05) is 12.1 Å². The van der Waals surface area contributed by atoms with E-state index in [0.29, 0.717) is 38.0 Å². The van der Waals surface area contributed by atoms with Crippen LogP contribution in [0.3, 0.4) is 0 Å². The van der Waals surface area contributed by atoms with Crippen LogP contribution in [0.2, 0.25) is 0 Å². The van der Waals surface area contributed by atoms with E-state index in [4.69, 9.17) is 25.8 Å². The van der Waals surface area contributed by atoms with Crippen LogP contribution in [0.15, 0.2) is 48.9 Å². The van der Waals surface area contributed by atoms with Crippen molar-refractivity contribution in [2.75, 3.05) is 7.11 Å². The minimum atomic E-state index is -0.723. The van der Waals surface area contributed by atoms with E-state index in [1.807, 2.05) is 0 Å². The summed E-state index contributed by atoms with van der Waals surface area (Å²) < 4.78 is 17.0. The lowest BCUT2D eigenvalue weighted by Gasteiger charge is -2.30. The molecule has 34 heavy (non-hydrogen) atoms. The zero-order valence-electron chi connectivity index (χ0n) is 18.3. The standard InChI is InChI=1S/C25H21NO6S2/c1-30-14-4-6-18-16(10-14)22(27)21(24(29)32-18)19-7-5-15(31-19)11-20-23(28)26(25(33)34-20)17-9-12-2-3-13(17)8-12/h4-7,10-13,17,27H,2-3,8-9H2,1H3/b20-11-. The van der Waals surface area contributed by atoms with Crippen molar-refractivity contribution in [3.63, 3.8) is 0 Å². The monoisotopic (exact) mass is 495 g/mol. The van der Waals surface area contributed by atoms with E-state index >= 15 is 0 Å². The van der Waals surface area contributed by atoms with Crippen LogP contribution in [0.4, 0.5) is 0 Å². The Morgan fingerprint density at radius 1 is 1.18 bits per heavy atom. The fraction of sp³-hybridized carbons (Fsp3) is 0.320. The molecule has 2 saturated carbocycles. The van der Waals surface area contributed by atoms with Crippen LogP contribution in [0.25, 0.3) is 28.4 Å². The maximum absolute atomic E-state index is 13.2. The summed E-state index contributed by atoms with van der Waals surface area (Å²) in [6.07, 6.45) is 6.27. The Bertz CT molecular complexity index is 1440. The number of aromatic hydroxyl groups is 1. The molecule has 3 aromatic rings. The number of carbonyl (C=O) groups is 1. The summed E-state index contributed by atoms with van der Waals surface area (Å²) in [6.45, 7) is 0. The van der Waals surface area contributed by atoms with Crippen LogP contribution in [-0.2, 0) is 4.79 Å². The predicted molar refractivity (Wildman–Crippen MR) is 133 cm³/mol. The number of ether oxygens (including phenoxy) is 1. The second-order valence-corrected chi connectivity index (χ2v) is 10.6. The van der Waals surface area contributed by atoms with E-state index in [-0.39, 0.29) is 34.6 Å². The predicted octanol–water partition coefficient (Wildman–Crippen LogP) is 5.16. The molecule has 0 radical (unpaired) electrons. The van der Waals surface area contributed by atoms with Crippen LogP contribution < -0.4 is 10.4 Å². The first-order chi connectivity index (χ1) is 16.4. The van der Waals surface area contributed by atoms with Crippen LogP contribution in [0.1, 0.15) is 31.4 Å². The second-order valence-electron chi connectivity index (χ2n) is 8.97. The Kier molecular flexibility index (Phi) is 5.07. The van der Waals surface area contributed by atoms with Gasteiger partial charge in [-0.3, -0.25) is 9.69 Å². The topological polar surface area (TPSA) is 93.1 Å². The van der Waals surface area contributed by atoms with Crippen molar-refractivity contribution in [2.24, 2.45) is 11.8 Å². The molecule has 1 N–H and O–H groups in total. The number of hydrogen-bond acceptors (Lipinski definition) is 8. The molecule has 3 atom stereocenters. The lowest BCUT2D eigenvalue weighted by Crippen LogP contribution is -2.41. The van der Waals surface area contributed by atoms with E-state index in [1.165, 1.54) is 31.7 Å². The first kappa shape index (κ1) is 21.5. The highest BCUT2D eigenvalue weighted by atomic mass is 32.2. The molecule has 174 valence electrons. The number of rotatable bonds is 4. The second kappa shape index (κ2) is 8.02. The maximum Gasteiger partial charge on any atom is 0.351 e. The Hall–Kier alpha value is -3.04. The average Bonchev–Trinajstić information content (AvgIpc) is 3.60. The molecule has 7 nitrogen and oxygen atoms in total. The first-order valence-electron chi connectivity index (χ1n) is 11.1. The van der Waals surface area contributed by atoms with Crippen molar-refractivity contribution >= 4 is 51.3 Å². The lowest BCUT2D eigenvalue weighted by molar-refractivity contribution is -0.124. The molecule has 3 aliphatic rings. The van der Waals surface area contributed by atoms with Crippen molar-refractivity contribution in [3.05, 3.63) is 51.4 Å². The van der Waals surface area contributed by atoms with E-state index in [0.717, 1.165) is 12.8 Å². The van der Waals surface area contributed by atoms with Gasteiger partial charge in [-0.25, -0.2) is 4.79 Å². The summed E-state index contributed by atoms with van der Waals surface area (Å²) in [5, 5.41) is 11.1. The van der Waals surface area contributed by atoms with Gasteiger partial charge in [0.1, 0.15) is 38.5 Å². The quantitative estimate of drug-likeness (QED) is 0.302. The molecule has 9 heteroatoms. The Morgan fingerprint density at radius 3 is 2.76 bits per heavy atom. The van der Waals surface area contributed by atoms with Gasteiger partial charge in [-0.05, 0) is 61.4 Å². The number of hydrogen-bond donors (Lipinski definition) is 1. The number of methoxy groups -OCH3 is 1. The third-order valence-electron chi connectivity index (χ3n) is 7.09. The third-order valence-corrected chi connectivity index (χ3v) is 8.42. The van der Waals surface area contributed by atoms with Crippen LogP contribution >= 0.6 is 24.0 Å². The van der Waals surface area contributed by atoms with Gasteiger partial charge in [0.2, 0.25) is 0 Å². The largest absolute Gasteiger partial charge is 0.506 e. The van der Waals surface area contributed by atoms with Crippen molar-refractivity contribution in [1.29, 1.82) is 0 Å². The fourth-order valence-corrected chi connectivity index (χ4v) is 6.85. The number of thioether (sulfide) groups is 1. The van der Waals surface area contributed by atoms with Gasteiger partial charge >= 0.3 is 5.63 Å². The number of nitrogens with zero attached hydrogens (tertiary/aromatic N) is 1. The van der Waals surface area contributed by atoms with Crippen molar-refractivity contribution in [1.82, 2.24) is 4.90 Å². The van der Waals surface area contributed by atoms with Gasteiger partial charge in [-0.2, -0.15) is 0 Å². The molecule has 2 aromatic heterocycles. The third kappa shape index (κ3) is 3.37. The summed E-state index contributed by atoms with van der Waals surface area (Å²) in [6, 6.07) is 8.20. The van der Waals surface area contributed by atoms with Crippen molar-refractivity contribution in [3.8, 4) is 22.8 Å². The maximum atomic E-state index is 13.2. The van der Waals surface area contributed by atoms with Gasteiger partial charge in [0.05, 0.1) is 17.4 Å². The molecule has 1 aliphatic heterocycles. The van der Waals surface area contributed by atoms with E-state index in [1.54, 1.807) is 41.3 Å². The number of fused-ring (bicyclic) bond motifs is 3. The Balaban J connectivity index is 1.32. The smallest absolute Gasteiger partial charge is 0.351 e. The highest BCUT2D eigenvalue weighted by Gasteiger charge is 2.48. The molecule has 3 heterocycles. The number of carbonyl (C=O) groups excluding carboxylic acids is 1. The molecular weight excluding hydrogens is 474 g/mol. The van der Waals surface area contributed by atoms with Crippen LogP contribution in [-0.4, -0.2) is 33.4 Å². The summed E-state index contributed by atoms with van der Waals surface area (Å²) in [5.41, 5.74) is -0.572. The molecule has 1 saturated heterocycles. The van der Waals surface area contributed by atoms with E-state index < -0.39 is 5.63 Å². The minimum absolute atomic E-state index is 0.0880. The van der Waals surface area contributed by atoms with E-state index in [9.17, 15) is 14.7 Å². The van der Waals surface area contributed by atoms with E-state index in [2.05, 4.69) is 0 Å². The highest BCUT2D eigenvalue weighted by Crippen LogP contribution is 2.49. The molecule has 3 fully saturated rings. The molecule has 1 amide bonds. The molecule has 1 aromatic carbocycles. The van der Waals surface area contributed by atoms with Gasteiger partial charge in [0.25, 0.3) is 5.91 Å². The Morgan fingerprint density at radius 2 is 2.03 bits per heavy atom. The highest BCUT2D eigenvalue weighted by molar-refractivity contribution is 8.26. The number of thiocarbonyl (C=S) groups is 1. The summed E-state index contributed by atoms with van der Waals surface area (Å²) in [5.74, 6) is 1.94. The zero-order chi connectivity index (χ0) is 23.6. The summed E-state index contributed by atoms with van der Waals surface area (Å²) in [4.78, 5) is 28.0. The molecule has 3 unspecified atom stereocenters. The normalized spacial score (nSPS) is 25.3. The molecule has 0 spiro atoms. The number of amides is 1. The van der Waals surface area contributed by atoms with Gasteiger partial charge < -0.3 is 18.7 Å². The van der Waals surface area contributed by atoms with Gasteiger partial charge in [-0.1, -0.05) is 30.4 Å². The van der Waals surface area contributed by atoms with Gasteiger partial charge in [-0.15, -0.1) is 0 Å². The Labute approximate surface area is 204 Å². The molecule has 6 rings (SSSR count). The lowest BCUT2D eigenvalue weighted by atomic mass is 9.94. The number of benzene rings is 1. The van der Waals surface area contributed by atoms with Crippen LogP contribution in [0, 0.1) is 11.8 Å². The fourth-order valence-electron chi connectivity index (χ4n) is 5.50. The molecule has 2 bridgehead atoms. The summed E-state index contributed by atoms with van der Waals surface area (Å²) in [7, 11) is 1.51. The summed E-state index contributed by atoms with van der Waals surface area (Å²) >= 11 is 6.82. The average molecular weight is 496 g/mol. The number of furan rings is 1. The van der Waals surface area contributed by atoms with Crippen molar-refractivity contribution < 1.29 is 23.5 Å². The minimum Gasteiger partial charge on any atom is -0.506 e. The first-order valence-corrected chi connectivity index (χ1v) is 12.4. The molecular formula is C25H21NO6S2. The zero-order valence-corrected chi connectivity index (χ0v) is 19.9. The SMILES string of the molecule is COc1ccc2oc(=O)c(-c3ccc(/C=C4\SC(=S)N(C5CC6CCC5C6)C4=O)o3)c(O)c2c1. The van der Waals surface area contributed by atoms with Gasteiger partial charge in [0.15, 0.2) is 0 Å².